The van der Waals surface area contributed by atoms with E-state index in [1.165, 1.54) is 6.20 Å². The summed E-state index contributed by atoms with van der Waals surface area (Å²) in [6, 6.07) is 7.51. The summed E-state index contributed by atoms with van der Waals surface area (Å²) in [4.78, 5) is 23.0. The lowest BCUT2D eigenvalue weighted by Gasteiger charge is -2.41. The second kappa shape index (κ2) is 10.7. The molecule has 32 heavy (non-hydrogen) atoms. The number of anilines is 1. The Morgan fingerprint density at radius 2 is 2.12 bits per heavy atom. The minimum Gasteiger partial charge on any atom is -0.492 e. The number of aromatic nitrogens is 2. The summed E-state index contributed by atoms with van der Waals surface area (Å²) in [5.41, 5.74) is 1.78. The molecule has 0 unspecified atom stereocenters. The number of nitrogens with zero attached hydrogens (tertiary/aromatic N) is 4. The third-order valence-electron chi connectivity index (χ3n) is 5.53. The van der Waals surface area contributed by atoms with Crippen LogP contribution in [-0.4, -0.2) is 35.6 Å². The van der Waals surface area contributed by atoms with Crippen molar-refractivity contribution >= 4 is 11.7 Å². The molecule has 0 aromatic carbocycles. The Balaban J connectivity index is 1.60. The second-order valence-electron chi connectivity index (χ2n) is 7.59. The number of rotatable bonds is 10. The van der Waals surface area contributed by atoms with Gasteiger partial charge in [0, 0.05) is 36.4 Å². The number of hydrogen-bond acceptors (Lipinski definition) is 7. The Hall–Kier alpha value is -3.44. The van der Waals surface area contributed by atoms with Gasteiger partial charge in [0.1, 0.15) is 24.2 Å². The highest BCUT2D eigenvalue weighted by atomic mass is 16.5. The Bertz CT molecular complexity index is 993. The van der Waals surface area contributed by atoms with Crippen LogP contribution in [0.3, 0.4) is 0 Å². The van der Waals surface area contributed by atoms with Crippen molar-refractivity contribution in [2.75, 3.05) is 24.7 Å². The third-order valence-corrected chi connectivity index (χ3v) is 5.53. The van der Waals surface area contributed by atoms with Crippen LogP contribution >= 0.6 is 0 Å². The van der Waals surface area contributed by atoms with Crippen molar-refractivity contribution in [1.29, 1.82) is 5.26 Å². The molecular formula is C24H29N5O3. The van der Waals surface area contributed by atoms with Crippen molar-refractivity contribution in [3.05, 3.63) is 59.8 Å². The van der Waals surface area contributed by atoms with Crippen LogP contribution in [0.15, 0.2) is 48.7 Å². The summed E-state index contributed by atoms with van der Waals surface area (Å²) in [7, 11) is 0. The van der Waals surface area contributed by atoms with Crippen molar-refractivity contribution in [2.45, 2.75) is 45.6 Å². The van der Waals surface area contributed by atoms with Gasteiger partial charge in [0.05, 0.1) is 24.0 Å². The van der Waals surface area contributed by atoms with Crippen LogP contribution in [-0.2, 0) is 15.1 Å². The largest absolute Gasteiger partial charge is 0.492 e. The maximum absolute atomic E-state index is 12.5. The molecule has 0 radical (unpaired) electrons. The molecule has 0 saturated heterocycles. The molecule has 1 aliphatic carbocycles. The van der Waals surface area contributed by atoms with Crippen LogP contribution in [0.5, 0.6) is 5.75 Å². The summed E-state index contributed by atoms with van der Waals surface area (Å²) in [5.74, 6) is 1.19. The van der Waals surface area contributed by atoms with Gasteiger partial charge in [-0.1, -0.05) is 0 Å². The highest BCUT2D eigenvalue weighted by Crippen LogP contribution is 2.45. The van der Waals surface area contributed by atoms with Crippen molar-refractivity contribution in [3.63, 3.8) is 0 Å². The number of nitrogens with one attached hydrogen (secondary N) is 1. The zero-order valence-electron chi connectivity index (χ0n) is 18.8. The van der Waals surface area contributed by atoms with E-state index in [1.807, 2.05) is 31.7 Å². The van der Waals surface area contributed by atoms with Crippen LogP contribution in [0.1, 0.15) is 51.2 Å². The van der Waals surface area contributed by atoms with Gasteiger partial charge in [-0.2, -0.15) is 5.26 Å². The van der Waals surface area contributed by atoms with Gasteiger partial charge >= 0.3 is 0 Å². The maximum Gasteiger partial charge on any atom is 0.250 e. The Labute approximate surface area is 188 Å². The van der Waals surface area contributed by atoms with Gasteiger partial charge < -0.3 is 19.7 Å². The predicted octanol–water partition coefficient (Wildman–Crippen LogP) is 3.65. The minimum atomic E-state index is -0.488. The molecule has 1 fully saturated rings. The molecule has 0 atom stereocenters. The van der Waals surface area contributed by atoms with Gasteiger partial charge in [-0.05, 0) is 58.2 Å². The number of amides is 1. The molecule has 1 aliphatic rings. The number of pyridine rings is 2. The number of nitriles is 1. The molecule has 0 bridgehead atoms. The first-order valence-corrected chi connectivity index (χ1v) is 10.8. The highest BCUT2D eigenvalue weighted by molar-refractivity contribution is 5.78. The van der Waals surface area contributed by atoms with E-state index in [0.29, 0.717) is 30.3 Å². The molecule has 1 N–H and O–H groups in total. The number of carbonyl (C=O) groups excluding carboxylic acids is 1. The van der Waals surface area contributed by atoms with E-state index < -0.39 is 5.60 Å². The van der Waals surface area contributed by atoms with Gasteiger partial charge in [0.15, 0.2) is 0 Å². The van der Waals surface area contributed by atoms with Gasteiger partial charge in [-0.15, -0.1) is 0 Å². The summed E-state index contributed by atoms with van der Waals surface area (Å²) in [5, 5.41) is 11.7. The standard InChI is InChI=1S/C24H29N5O3/c1-4-29(22-8-7-19(12-25)14-27-22)18(3)13-28-23(30)17-32-24(9-6-10-24)20-11-21(31-5-2)16-26-15-20/h7-8,11,13-16H,4-6,9-10,17H2,1-3H3,(H,28,30)/b18-13+. The molecule has 8 nitrogen and oxygen atoms in total. The van der Waals surface area contributed by atoms with Crippen molar-refractivity contribution in [1.82, 2.24) is 15.3 Å². The topological polar surface area (TPSA) is 100 Å². The molecule has 8 heteroatoms. The number of ether oxygens (including phenoxy) is 2. The first-order chi connectivity index (χ1) is 15.5. The van der Waals surface area contributed by atoms with E-state index >= 15 is 0 Å². The normalized spacial score (nSPS) is 14.8. The van der Waals surface area contributed by atoms with E-state index in [4.69, 9.17) is 14.7 Å². The lowest BCUT2D eigenvalue weighted by atomic mass is 9.75. The molecule has 2 aromatic rings. The van der Waals surface area contributed by atoms with Gasteiger partial charge in [0.2, 0.25) is 5.91 Å². The lowest BCUT2D eigenvalue weighted by Crippen LogP contribution is -2.40. The smallest absolute Gasteiger partial charge is 0.250 e. The molecule has 0 aliphatic heterocycles. The van der Waals surface area contributed by atoms with E-state index in [9.17, 15) is 4.79 Å². The van der Waals surface area contributed by atoms with E-state index in [-0.39, 0.29) is 12.5 Å². The fourth-order valence-corrected chi connectivity index (χ4v) is 3.64. The van der Waals surface area contributed by atoms with Gasteiger partial charge in [-0.3, -0.25) is 9.78 Å². The fourth-order valence-electron chi connectivity index (χ4n) is 3.64. The average molecular weight is 436 g/mol. The van der Waals surface area contributed by atoms with Crippen LogP contribution in [0, 0.1) is 11.3 Å². The summed E-state index contributed by atoms with van der Waals surface area (Å²) in [6.45, 7) is 7.00. The van der Waals surface area contributed by atoms with E-state index in [1.54, 1.807) is 30.7 Å². The van der Waals surface area contributed by atoms with Crippen molar-refractivity contribution in [3.8, 4) is 11.8 Å². The first kappa shape index (κ1) is 23.2. The highest BCUT2D eigenvalue weighted by Gasteiger charge is 2.41. The Morgan fingerprint density at radius 1 is 1.31 bits per heavy atom. The first-order valence-electron chi connectivity index (χ1n) is 10.8. The molecule has 2 aromatic heterocycles. The van der Waals surface area contributed by atoms with Crippen molar-refractivity contribution in [2.24, 2.45) is 0 Å². The monoisotopic (exact) mass is 435 g/mol. The van der Waals surface area contributed by atoms with E-state index in [2.05, 4.69) is 21.4 Å². The Morgan fingerprint density at radius 3 is 2.72 bits per heavy atom. The fraction of sp³-hybridized carbons (Fsp3) is 0.417. The number of allylic oxidation sites excluding steroid dienone is 1. The molecule has 168 valence electrons. The number of carbonyl (C=O) groups is 1. The van der Waals surface area contributed by atoms with Crippen LogP contribution in [0.2, 0.25) is 0 Å². The molecule has 2 heterocycles. The van der Waals surface area contributed by atoms with Gasteiger partial charge in [-0.25, -0.2) is 4.98 Å². The molecular weight excluding hydrogens is 406 g/mol. The molecule has 0 spiro atoms. The molecule has 1 amide bonds. The molecule has 3 rings (SSSR count). The zero-order valence-corrected chi connectivity index (χ0v) is 18.8. The quantitative estimate of drug-likeness (QED) is 0.608. The average Bonchev–Trinajstić information content (AvgIpc) is 2.78. The lowest BCUT2D eigenvalue weighted by molar-refractivity contribution is -0.143. The van der Waals surface area contributed by atoms with Crippen LogP contribution in [0.4, 0.5) is 5.82 Å². The maximum atomic E-state index is 12.5. The Kier molecular flexibility index (Phi) is 7.79. The van der Waals surface area contributed by atoms with Crippen LogP contribution in [0.25, 0.3) is 0 Å². The SMILES string of the molecule is CCOc1cncc(C2(OCC(=O)N/C=C(\C)N(CC)c3ccc(C#N)cn3)CCC2)c1. The summed E-state index contributed by atoms with van der Waals surface area (Å²) < 4.78 is 11.6. The van der Waals surface area contributed by atoms with Crippen molar-refractivity contribution < 1.29 is 14.3 Å². The number of hydrogen-bond donors (Lipinski definition) is 1. The zero-order chi connectivity index (χ0) is 23.0. The van der Waals surface area contributed by atoms with Gasteiger partial charge in [0.25, 0.3) is 0 Å². The summed E-state index contributed by atoms with van der Waals surface area (Å²) >= 11 is 0. The summed E-state index contributed by atoms with van der Waals surface area (Å²) in [6.07, 6.45) is 9.39. The molecule has 1 saturated carbocycles. The third kappa shape index (κ3) is 5.42. The second-order valence-corrected chi connectivity index (χ2v) is 7.59. The van der Waals surface area contributed by atoms with E-state index in [0.717, 1.165) is 30.5 Å². The predicted molar refractivity (Wildman–Crippen MR) is 121 cm³/mol. The van der Waals surface area contributed by atoms with Crippen LogP contribution < -0.4 is 15.0 Å². The minimum absolute atomic E-state index is 0.0517.